The predicted molar refractivity (Wildman–Crippen MR) is 97.6 cm³/mol. The van der Waals surface area contributed by atoms with Crippen molar-refractivity contribution in [3.8, 4) is 5.88 Å². The summed E-state index contributed by atoms with van der Waals surface area (Å²) in [5, 5.41) is 2.32. The molecule has 4 rings (SSSR count). The van der Waals surface area contributed by atoms with Crippen LogP contribution in [0.2, 0.25) is 0 Å². The van der Waals surface area contributed by atoms with E-state index >= 15 is 0 Å². The van der Waals surface area contributed by atoms with Crippen LogP contribution in [-0.4, -0.2) is 35.0 Å². The summed E-state index contributed by atoms with van der Waals surface area (Å²) in [5.74, 6) is 0.777. The van der Waals surface area contributed by atoms with Crippen LogP contribution in [0, 0.1) is 6.92 Å². The normalized spacial score (nSPS) is 14.4. The van der Waals surface area contributed by atoms with Crippen LogP contribution >= 0.6 is 0 Å². The molecule has 2 heterocycles. The van der Waals surface area contributed by atoms with E-state index in [4.69, 9.17) is 4.74 Å². The zero-order chi connectivity index (χ0) is 17.2. The molecule has 4 nitrogen and oxygen atoms in total. The van der Waals surface area contributed by atoms with Gasteiger partial charge in [0.25, 0.3) is 0 Å². The van der Waals surface area contributed by atoms with Gasteiger partial charge in [0.2, 0.25) is 11.8 Å². The number of ether oxygens (including phenoxy) is 1. The third-order valence-corrected chi connectivity index (χ3v) is 4.57. The third kappa shape index (κ3) is 3.33. The summed E-state index contributed by atoms with van der Waals surface area (Å²) in [4.78, 5) is 18.7. The molecule has 1 aliphatic heterocycles. The molecular formula is C21H20N2O2. The van der Waals surface area contributed by atoms with Crippen LogP contribution in [-0.2, 0) is 11.2 Å². The molecule has 0 saturated carbocycles. The van der Waals surface area contributed by atoms with Crippen LogP contribution in [0.4, 0.5) is 0 Å². The lowest BCUT2D eigenvalue weighted by molar-refractivity contribution is -0.139. The Morgan fingerprint density at radius 3 is 2.68 bits per heavy atom. The van der Waals surface area contributed by atoms with Crippen LogP contribution in [0.15, 0.2) is 60.7 Å². The molecule has 0 unspecified atom stereocenters. The van der Waals surface area contributed by atoms with E-state index in [0.29, 0.717) is 25.4 Å². The minimum Gasteiger partial charge on any atom is -0.471 e. The Labute approximate surface area is 147 Å². The lowest BCUT2D eigenvalue weighted by Crippen LogP contribution is -2.56. The molecule has 0 aliphatic carbocycles. The Morgan fingerprint density at radius 2 is 1.84 bits per heavy atom. The monoisotopic (exact) mass is 332 g/mol. The minimum absolute atomic E-state index is 0.0331. The van der Waals surface area contributed by atoms with E-state index in [9.17, 15) is 4.79 Å². The van der Waals surface area contributed by atoms with Gasteiger partial charge in [0.15, 0.2) is 0 Å². The number of carbonyl (C=O) groups excluding carboxylic acids is 1. The maximum absolute atomic E-state index is 12.5. The first-order valence-corrected chi connectivity index (χ1v) is 8.54. The van der Waals surface area contributed by atoms with Gasteiger partial charge in [-0.2, -0.15) is 0 Å². The van der Waals surface area contributed by atoms with Crippen molar-refractivity contribution in [2.75, 3.05) is 13.1 Å². The highest BCUT2D eigenvalue weighted by molar-refractivity contribution is 5.90. The summed E-state index contributed by atoms with van der Waals surface area (Å²) in [6.45, 7) is 3.19. The molecule has 0 bridgehead atoms. The highest BCUT2D eigenvalue weighted by Gasteiger charge is 2.32. The number of benzene rings is 2. The highest BCUT2D eigenvalue weighted by atomic mass is 16.5. The molecule has 0 radical (unpaired) electrons. The Bertz CT molecular complexity index is 911. The van der Waals surface area contributed by atoms with Crippen molar-refractivity contribution in [2.45, 2.75) is 19.4 Å². The van der Waals surface area contributed by atoms with E-state index in [-0.39, 0.29) is 12.0 Å². The summed E-state index contributed by atoms with van der Waals surface area (Å²) < 4.78 is 5.83. The second-order valence-electron chi connectivity index (χ2n) is 6.47. The van der Waals surface area contributed by atoms with Crippen LogP contribution in [0.3, 0.4) is 0 Å². The van der Waals surface area contributed by atoms with E-state index < -0.39 is 0 Å². The second-order valence-corrected chi connectivity index (χ2v) is 6.47. The number of rotatable bonds is 4. The van der Waals surface area contributed by atoms with Gasteiger partial charge in [-0.3, -0.25) is 4.79 Å². The molecule has 25 heavy (non-hydrogen) atoms. The van der Waals surface area contributed by atoms with Crippen molar-refractivity contribution in [2.24, 2.45) is 0 Å². The first-order chi connectivity index (χ1) is 12.2. The molecule has 0 atom stereocenters. The lowest BCUT2D eigenvalue weighted by Gasteiger charge is -2.38. The third-order valence-electron chi connectivity index (χ3n) is 4.57. The average Bonchev–Trinajstić information content (AvgIpc) is 2.58. The Morgan fingerprint density at radius 1 is 1.08 bits per heavy atom. The smallest absolute Gasteiger partial charge is 0.227 e. The Kier molecular flexibility index (Phi) is 4.10. The Balaban J connectivity index is 1.37. The van der Waals surface area contributed by atoms with Gasteiger partial charge in [-0.15, -0.1) is 0 Å². The average molecular weight is 332 g/mol. The highest BCUT2D eigenvalue weighted by Crippen LogP contribution is 2.22. The minimum atomic E-state index is 0.0331. The van der Waals surface area contributed by atoms with Crippen molar-refractivity contribution < 1.29 is 9.53 Å². The van der Waals surface area contributed by atoms with E-state index in [1.54, 1.807) is 0 Å². The van der Waals surface area contributed by atoms with Gasteiger partial charge in [-0.1, -0.05) is 48.5 Å². The number of amides is 1. The summed E-state index contributed by atoms with van der Waals surface area (Å²) in [6.07, 6.45) is 0.460. The fourth-order valence-corrected chi connectivity index (χ4v) is 3.19. The maximum Gasteiger partial charge on any atom is 0.227 e. The van der Waals surface area contributed by atoms with Crippen molar-refractivity contribution in [3.05, 3.63) is 71.9 Å². The second kappa shape index (κ2) is 6.55. The summed E-state index contributed by atoms with van der Waals surface area (Å²) in [7, 11) is 0. The SMILES string of the molecule is Cc1cccc(OC2CN(C(=O)Cc3cccc4ccccc34)C2)n1. The summed E-state index contributed by atoms with van der Waals surface area (Å²) in [5.41, 5.74) is 2.01. The van der Waals surface area contributed by atoms with E-state index in [1.165, 1.54) is 5.39 Å². The molecule has 2 aromatic carbocycles. The van der Waals surface area contributed by atoms with Gasteiger partial charge in [0.1, 0.15) is 6.10 Å². The number of nitrogens with zero attached hydrogens (tertiary/aromatic N) is 2. The Hall–Kier alpha value is -2.88. The van der Waals surface area contributed by atoms with Gasteiger partial charge in [0.05, 0.1) is 19.5 Å². The van der Waals surface area contributed by atoms with Crippen molar-refractivity contribution in [1.29, 1.82) is 0 Å². The van der Waals surface area contributed by atoms with Gasteiger partial charge >= 0.3 is 0 Å². The molecule has 0 spiro atoms. The topological polar surface area (TPSA) is 42.4 Å². The number of aromatic nitrogens is 1. The number of likely N-dealkylation sites (tertiary alicyclic amines) is 1. The van der Waals surface area contributed by atoms with E-state index in [2.05, 4.69) is 23.2 Å². The van der Waals surface area contributed by atoms with Crippen LogP contribution in [0.1, 0.15) is 11.3 Å². The number of pyridine rings is 1. The largest absolute Gasteiger partial charge is 0.471 e. The predicted octanol–water partition coefficient (Wildman–Crippen LogP) is 3.38. The molecule has 1 aromatic heterocycles. The molecule has 0 N–H and O–H groups in total. The van der Waals surface area contributed by atoms with E-state index in [1.807, 2.05) is 54.3 Å². The molecule has 126 valence electrons. The van der Waals surface area contributed by atoms with Gasteiger partial charge in [-0.05, 0) is 29.3 Å². The number of fused-ring (bicyclic) bond motifs is 1. The standard InChI is InChI=1S/C21H20N2O2/c1-15-6-4-11-20(22-15)25-18-13-23(14-18)21(24)12-17-9-5-8-16-7-2-3-10-19(16)17/h2-11,18H,12-14H2,1H3. The maximum atomic E-state index is 12.5. The molecule has 1 amide bonds. The van der Waals surface area contributed by atoms with Crippen molar-refractivity contribution in [1.82, 2.24) is 9.88 Å². The number of hydrogen-bond acceptors (Lipinski definition) is 3. The lowest BCUT2D eigenvalue weighted by atomic mass is 10.0. The molecule has 4 heteroatoms. The van der Waals surface area contributed by atoms with E-state index in [0.717, 1.165) is 16.6 Å². The van der Waals surface area contributed by atoms with Crippen LogP contribution < -0.4 is 4.74 Å². The molecule has 1 saturated heterocycles. The quantitative estimate of drug-likeness (QED) is 0.735. The summed E-state index contributed by atoms with van der Waals surface area (Å²) >= 11 is 0. The number of aryl methyl sites for hydroxylation is 1. The van der Waals surface area contributed by atoms with Crippen molar-refractivity contribution in [3.63, 3.8) is 0 Å². The zero-order valence-electron chi connectivity index (χ0n) is 14.2. The fraction of sp³-hybridized carbons (Fsp3) is 0.238. The van der Waals surface area contributed by atoms with Gasteiger partial charge < -0.3 is 9.64 Å². The fourth-order valence-electron chi connectivity index (χ4n) is 3.19. The number of hydrogen-bond donors (Lipinski definition) is 0. The van der Waals surface area contributed by atoms with Crippen LogP contribution in [0.25, 0.3) is 10.8 Å². The first kappa shape index (κ1) is 15.6. The molecule has 3 aromatic rings. The zero-order valence-corrected chi connectivity index (χ0v) is 14.2. The summed E-state index contributed by atoms with van der Waals surface area (Å²) in [6, 6.07) is 20.0. The number of carbonyl (C=O) groups is 1. The molecule has 1 aliphatic rings. The molecule has 1 fully saturated rings. The molecular weight excluding hydrogens is 312 g/mol. The van der Waals surface area contributed by atoms with Gasteiger partial charge in [0, 0.05) is 11.8 Å². The van der Waals surface area contributed by atoms with Crippen LogP contribution in [0.5, 0.6) is 5.88 Å². The van der Waals surface area contributed by atoms with Gasteiger partial charge in [-0.25, -0.2) is 4.98 Å². The van der Waals surface area contributed by atoms with Crippen molar-refractivity contribution >= 4 is 16.7 Å². The first-order valence-electron chi connectivity index (χ1n) is 8.54.